The Bertz CT molecular complexity index is 300. The van der Waals surface area contributed by atoms with Gasteiger partial charge in [0.05, 0.1) is 19.3 Å². The zero-order chi connectivity index (χ0) is 12.6. The summed E-state index contributed by atoms with van der Waals surface area (Å²) in [4.78, 5) is 13.0. The van der Waals surface area contributed by atoms with E-state index in [0.717, 1.165) is 6.54 Å². The molecule has 0 radical (unpaired) electrons. The van der Waals surface area contributed by atoms with E-state index in [0.29, 0.717) is 25.9 Å². The summed E-state index contributed by atoms with van der Waals surface area (Å²) >= 11 is 0. The average molecular weight is 251 g/mol. The fraction of sp³-hybridized carbons (Fsp3) is 0.900. The van der Waals surface area contributed by atoms with Crippen molar-refractivity contribution in [2.75, 3.05) is 38.8 Å². The molecule has 0 aromatic rings. The molecule has 0 atom stereocenters. The summed E-state index contributed by atoms with van der Waals surface area (Å²) in [6.07, 6.45) is 2.19. The van der Waals surface area contributed by atoms with Crippen LogP contribution in [0.3, 0.4) is 0 Å². The number of rotatable bonds is 8. The number of carbonyl (C=O) groups excluding carboxylic acids is 1. The maximum absolute atomic E-state index is 10.9. The highest BCUT2D eigenvalue weighted by Crippen LogP contribution is 1.97. The van der Waals surface area contributed by atoms with Gasteiger partial charge < -0.3 is 9.64 Å². The summed E-state index contributed by atoms with van der Waals surface area (Å²) in [5, 5.41) is 0. The van der Waals surface area contributed by atoms with Crippen molar-refractivity contribution in [1.82, 2.24) is 4.90 Å². The molecule has 96 valence electrons. The SMILES string of the molecule is CCN(CCCS(C)(=O)=O)CCC(=O)OC. The molecule has 0 saturated heterocycles. The monoisotopic (exact) mass is 251 g/mol. The van der Waals surface area contributed by atoms with Gasteiger partial charge in [-0.2, -0.15) is 0 Å². The van der Waals surface area contributed by atoms with Gasteiger partial charge in [-0.25, -0.2) is 8.42 Å². The normalized spacial score (nSPS) is 11.8. The van der Waals surface area contributed by atoms with E-state index in [9.17, 15) is 13.2 Å². The Morgan fingerprint density at radius 2 is 1.94 bits per heavy atom. The van der Waals surface area contributed by atoms with Gasteiger partial charge in [0.15, 0.2) is 0 Å². The van der Waals surface area contributed by atoms with E-state index in [4.69, 9.17) is 0 Å². The van der Waals surface area contributed by atoms with Gasteiger partial charge in [-0.15, -0.1) is 0 Å². The molecule has 0 aliphatic rings. The van der Waals surface area contributed by atoms with Crippen molar-refractivity contribution in [2.24, 2.45) is 0 Å². The third-order valence-electron chi connectivity index (χ3n) is 2.30. The lowest BCUT2D eigenvalue weighted by molar-refractivity contribution is -0.140. The van der Waals surface area contributed by atoms with Crippen molar-refractivity contribution in [3.8, 4) is 0 Å². The van der Waals surface area contributed by atoms with E-state index in [1.165, 1.54) is 13.4 Å². The molecule has 0 spiro atoms. The lowest BCUT2D eigenvalue weighted by Crippen LogP contribution is -2.28. The van der Waals surface area contributed by atoms with E-state index in [1.807, 2.05) is 11.8 Å². The minimum absolute atomic E-state index is 0.196. The molecule has 5 nitrogen and oxygen atoms in total. The Labute approximate surface area is 97.7 Å². The summed E-state index contributed by atoms with van der Waals surface area (Å²) in [5.74, 6) is -0.0385. The van der Waals surface area contributed by atoms with Crippen molar-refractivity contribution in [3.63, 3.8) is 0 Å². The number of hydrogen-bond acceptors (Lipinski definition) is 5. The van der Waals surface area contributed by atoms with Crippen LogP contribution in [0.25, 0.3) is 0 Å². The van der Waals surface area contributed by atoms with Crippen molar-refractivity contribution in [1.29, 1.82) is 0 Å². The molecule has 0 amide bonds. The van der Waals surface area contributed by atoms with Crippen LogP contribution in [-0.2, 0) is 19.4 Å². The zero-order valence-corrected chi connectivity index (χ0v) is 11.0. The highest BCUT2D eigenvalue weighted by molar-refractivity contribution is 7.90. The molecule has 0 aromatic carbocycles. The number of esters is 1. The number of ether oxygens (including phenoxy) is 1. The predicted molar refractivity (Wildman–Crippen MR) is 63.1 cm³/mol. The first-order valence-electron chi connectivity index (χ1n) is 5.36. The summed E-state index contributed by atoms with van der Waals surface area (Å²) in [5.41, 5.74) is 0. The largest absolute Gasteiger partial charge is 0.469 e. The molecule has 16 heavy (non-hydrogen) atoms. The molecule has 0 aliphatic heterocycles. The Hall–Kier alpha value is -0.620. The standard InChI is InChI=1S/C10H21NO4S/c1-4-11(8-6-10(12)15-2)7-5-9-16(3,13)14/h4-9H2,1-3H3. The second-order valence-corrected chi connectivity index (χ2v) is 6.00. The van der Waals surface area contributed by atoms with Gasteiger partial charge in [0.1, 0.15) is 9.84 Å². The molecule has 0 saturated carbocycles. The van der Waals surface area contributed by atoms with E-state index in [-0.39, 0.29) is 11.7 Å². The van der Waals surface area contributed by atoms with Crippen molar-refractivity contribution < 1.29 is 17.9 Å². The number of nitrogens with zero attached hydrogens (tertiary/aromatic N) is 1. The van der Waals surface area contributed by atoms with Crippen LogP contribution in [0.1, 0.15) is 19.8 Å². The molecule has 0 heterocycles. The lowest BCUT2D eigenvalue weighted by Gasteiger charge is -2.19. The van der Waals surface area contributed by atoms with Crippen molar-refractivity contribution in [3.05, 3.63) is 0 Å². The molecular weight excluding hydrogens is 230 g/mol. The first-order chi connectivity index (χ1) is 7.39. The summed E-state index contributed by atoms with van der Waals surface area (Å²) in [7, 11) is -1.52. The number of carbonyl (C=O) groups is 1. The van der Waals surface area contributed by atoms with Crippen LogP contribution < -0.4 is 0 Å². The Balaban J connectivity index is 3.79. The minimum Gasteiger partial charge on any atom is -0.469 e. The van der Waals surface area contributed by atoms with Gasteiger partial charge in [-0.1, -0.05) is 6.92 Å². The van der Waals surface area contributed by atoms with Crippen LogP contribution in [-0.4, -0.2) is 58.0 Å². The number of hydrogen-bond donors (Lipinski definition) is 0. The van der Waals surface area contributed by atoms with Crippen molar-refractivity contribution in [2.45, 2.75) is 19.8 Å². The third kappa shape index (κ3) is 8.67. The number of sulfone groups is 1. The van der Waals surface area contributed by atoms with Gasteiger partial charge >= 0.3 is 5.97 Å². The zero-order valence-electron chi connectivity index (χ0n) is 10.2. The maximum atomic E-state index is 10.9. The molecule has 6 heteroatoms. The van der Waals surface area contributed by atoms with Crippen LogP contribution in [0.2, 0.25) is 0 Å². The smallest absolute Gasteiger partial charge is 0.306 e. The number of methoxy groups -OCH3 is 1. The highest BCUT2D eigenvalue weighted by Gasteiger charge is 2.08. The Morgan fingerprint density at radius 3 is 2.38 bits per heavy atom. The summed E-state index contributed by atoms with van der Waals surface area (Å²) in [6.45, 7) is 4.10. The molecule has 0 aliphatic carbocycles. The first kappa shape index (κ1) is 15.4. The van der Waals surface area contributed by atoms with Crippen LogP contribution in [0.5, 0.6) is 0 Å². The highest BCUT2D eigenvalue weighted by atomic mass is 32.2. The van der Waals surface area contributed by atoms with Crippen molar-refractivity contribution >= 4 is 15.8 Å². The van der Waals surface area contributed by atoms with Crippen LogP contribution in [0, 0.1) is 0 Å². The topological polar surface area (TPSA) is 63.7 Å². The quantitative estimate of drug-likeness (QED) is 0.581. The molecular formula is C10H21NO4S. The molecule has 0 fully saturated rings. The van der Waals surface area contributed by atoms with Gasteiger partial charge in [0, 0.05) is 12.8 Å². The van der Waals surface area contributed by atoms with Gasteiger partial charge in [0.25, 0.3) is 0 Å². The maximum Gasteiger partial charge on any atom is 0.306 e. The third-order valence-corrected chi connectivity index (χ3v) is 3.33. The van der Waals surface area contributed by atoms with E-state index < -0.39 is 9.84 Å². The molecule has 0 aromatic heterocycles. The van der Waals surface area contributed by atoms with Gasteiger partial charge in [0.2, 0.25) is 0 Å². The summed E-state index contributed by atoms with van der Waals surface area (Å²) in [6, 6.07) is 0. The van der Waals surface area contributed by atoms with E-state index in [1.54, 1.807) is 0 Å². The fourth-order valence-corrected chi connectivity index (χ4v) is 1.98. The van der Waals surface area contributed by atoms with Crippen LogP contribution >= 0.6 is 0 Å². The Kier molecular flexibility index (Phi) is 7.33. The van der Waals surface area contributed by atoms with Crippen LogP contribution in [0.4, 0.5) is 0 Å². The average Bonchev–Trinajstić information content (AvgIpc) is 2.20. The molecule has 0 rings (SSSR count). The Morgan fingerprint density at radius 1 is 1.31 bits per heavy atom. The van der Waals surface area contributed by atoms with Gasteiger partial charge in [-0.05, 0) is 19.5 Å². The second-order valence-electron chi connectivity index (χ2n) is 3.74. The van der Waals surface area contributed by atoms with Crippen LogP contribution in [0.15, 0.2) is 0 Å². The summed E-state index contributed by atoms with van der Waals surface area (Å²) < 4.78 is 26.4. The van der Waals surface area contributed by atoms with E-state index >= 15 is 0 Å². The molecule has 0 bridgehead atoms. The van der Waals surface area contributed by atoms with Gasteiger partial charge in [-0.3, -0.25) is 4.79 Å². The minimum atomic E-state index is -2.88. The first-order valence-corrected chi connectivity index (χ1v) is 7.42. The lowest BCUT2D eigenvalue weighted by atomic mass is 10.3. The fourth-order valence-electron chi connectivity index (χ4n) is 1.33. The molecule has 0 unspecified atom stereocenters. The van der Waals surface area contributed by atoms with E-state index in [2.05, 4.69) is 4.74 Å². The predicted octanol–water partition coefficient (Wildman–Crippen LogP) is 0.306. The second kappa shape index (κ2) is 7.62. The molecule has 0 N–H and O–H groups in total.